The number of anilines is 1. The number of carbonyl (C=O) groups excluding carboxylic acids is 2. The van der Waals surface area contributed by atoms with Crippen molar-refractivity contribution in [2.45, 2.75) is 31.8 Å². The number of ether oxygens (including phenoxy) is 1. The molecule has 1 aliphatic heterocycles. The number of aromatic nitrogens is 4. The second-order valence-electron chi connectivity index (χ2n) is 8.80. The van der Waals surface area contributed by atoms with Crippen molar-refractivity contribution in [3.63, 3.8) is 0 Å². The number of rotatable bonds is 5. The number of likely N-dealkylation sites (tertiary alicyclic amines) is 1. The zero-order valence-corrected chi connectivity index (χ0v) is 18.8. The van der Waals surface area contributed by atoms with E-state index >= 15 is 0 Å². The predicted molar refractivity (Wildman–Crippen MR) is 121 cm³/mol. The first-order chi connectivity index (χ1) is 17.0. The Bertz CT molecular complexity index is 1450. The standard InChI is InChI=1S/C24H21FN6O4/c1-13-17(25)8-14(9-18(13)27-22(32)19-10-26-20-4-2-3-7-31(19)20)23-28-21(29-35-23)15-11-30(12-15)24(33)34-16-5-6-16/h2-4,7-10,15-16H,5-6,11-12H2,1H3,(H,27,32). The number of pyridine rings is 1. The van der Waals surface area contributed by atoms with Crippen LogP contribution < -0.4 is 5.32 Å². The molecular weight excluding hydrogens is 455 g/mol. The predicted octanol–water partition coefficient (Wildman–Crippen LogP) is 3.78. The highest BCUT2D eigenvalue weighted by molar-refractivity contribution is 6.04. The van der Waals surface area contributed by atoms with Crippen LogP contribution in [0.2, 0.25) is 0 Å². The number of amides is 2. The van der Waals surface area contributed by atoms with Gasteiger partial charge in [0.05, 0.1) is 12.1 Å². The monoisotopic (exact) mass is 476 g/mol. The summed E-state index contributed by atoms with van der Waals surface area (Å²) in [6, 6.07) is 8.29. The molecule has 4 aromatic rings. The molecule has 1 N–H and O–H groups in total. The first-order valence-electron chi connectivity index (χ1n) is 11.3. The molecule has 0 atom stereocenters. The van der Waals surface area contributed by atoms with Crippen LogP contribution in [0, 0.1) is 12.7 Å². The van der Waals surface area contributed by atoms with Gasteiger partial charge in [0, 0.05) is 36.1 Å². The molecule has 0 bridgehead atoms. The van der Waals surface area contributed by atoms with Crippen molar-refractivity contribution < 1.29 is 23.2 Å². The van der Waals surface area contributed by atoms with Crippen molar-refractivity contribution in [2.75, 3.05) is 18.4 Å². The lowest BCUT2D eigenvalue weighted by molar-refractivity contribution is 0.0644. The van der Waals surface area contributed by atoms with Crippen LogP contribution in [-0.4, -0.2) is 55.6 Å². The zero-order valence-electron chi connectivity index (χ0n) is 18.8. The van der Waals surface area contributed by atoms with Crippen LogP contribution >= 0.6 is 0 Å². The van der Waals surface area contributed by atoms with Gasteiger partial charge >= 0.3 is 6.09 Å². The molecule has 35 heavy (non-hydrogen) atoms. The maximum atomic E-state index is 14.7. The largest absolute Gasteiger partial charge is 0.446 e. The maximum Gasteiger partial charge on any atom is 0.410 e. The van der Waals surface area contributed by atoms with Gasteiger partial charge in [-0.2, -0.15) is 4.98 Å². The number of hydrogen-bond acceptors (Lipinski definition) is 7. The van der Waals surface area contributed by atoms with Crippen molar-refractivity contribution in [1.82, 2.24) is 24.4 Å². The molecular formula is C24H21FN6O4. The lowest BCUT2D eigenvalue weighted by Gasteiger charge is -2.36. The molecule has 2 aliphatic rings. The molecule has 0 unspecified atom stereocenters. The smallest absolute Gasteiger partial charge is 0.410 e. The summed E-state index contributed by atoms with van der Waals surface area (Å²) in [5.41, 5.74) is 1.85. The third kappa shape index (κ3) is 3.98. The first kappa shape index (κ1) is 21.3. The van der Waals surface area contributed by atoms with Crippen molar-refractivity contribution in [2.24, 2.45) is 0 Å². The fourth-order valence-electron chi connectivity index (χ4n) is 3.93. The summed E-state index contributed by atoms with van der Waals surface area (Å²) in [5, 5.41) is 6.77. The van der Waals surface area contributed by atoms with E-state index in [0.29, 0.717) is 35.8 Å². The molecule has 11 heteroatoms. The van der Waals surface area contributed by atoms with Gasteiger partial charge < -0.3 is 19.5 Å². The maximum absolute atomic E-state index is 14.7. The molecule has 4 heterocycles. The fraction of sp³-hybridized carbons (Fsp3) is 0.292. The van der Waals surface area contributed by atoms with E-state index in [-0.39, 0.29) is 35.3 Å². The van der Waals surface area contributed by atoms with Crippen LogP contribution in [0.25, 0.3) is 17.1 Å². The van der Waals surface area contributed by atoms with Gasteiger partial charge in [0.15, 0.2) is 5.82 Å². The van der Waals surface area contributed by atoms with Gasteiger partial charge in [-0.15, -0.1) is 0 Å². The quantitative estimate of drug-likeness (QED) is 0.466. The Kier molecular flexibility index (Phi) is 4.97. The lowest BCUT2D eigenvalue weighted by Crippen LogP contribution is -2.49. The van der Waals surface area contributed by atoms with Crippen LogP contribution in [0.5, 0.6) is 0 Å². The summed E-state index contributed by atoms with van der Waals surface area (Å²) in [5.74, 6) is -0.463. The number of carbonyl (C=O) groups is 2. The van der Waals surface area contributed by atoms with E-state index < -0.39 is 11.7 Å². The molecule has 3 aromatic heterocycles. The van der Waals surface area contributed by atoms with Crippen LogP contribution in [0.3, 0.4) is 0 Å². The second-order valence-corrected chi connectivity index (χ2v) is 8.80. The highest BCUT2D eigenvalue weighted by atomic mass is 19.1. The van der Waals surface area contributed by atoms with Gasteiger partial charge in [-0.05, 0) is 44.0 Å². The average molecular weight is 476 g/mol. The molecule has 178 valence electrons. The minimum absolute atomic E-state index is 0.0529. The molecule has 1 saturated heterocycles. The number of fused-ring (bicyclic) bond motifs is 1. The number of hydrogen-bond donors (Lipinski definition) is 1. The van der Waals surface area contributed by atoms with Crippen molar-refractivity contribution in [3.05, 3.63) is 65.6 Å². The van der Waals surface area contributed by atoms with E-state index in [0.717, 1.165) is 12.8 Å². The van der Waals surface area contributed by atoms with Gasteiger partial charge in [-0.3, -0.25) is 9.20 Å². The lowest BCUT2D eigenvalue weighted by atomic mass is 10.0. The highest BCUT2D eigenvalue weighted by Gasteiger charge is 2.38. The number of halogens is 1. The number of imidazole rings is 1. The Balaban J connectivity index is 1.19. The molecule has 1 aromatic carbocycles. The average Bonchev–Trinajstić information content (AvgIpc) is 3.31. The van der Waals surface area contributed by atoms with Crippen LogP contribution in [-0.2, 0) is 4.74 Å². The van der Waals surface area contributed by atoms with Gasteiger partial charge in [-0.1, -0.05) is 11.2 Å². The molecule has 2 fully saturated rings. The van der Waals surface area contributed by atoms with E-state index in [9.17, 15) is 14.0 Å². The van der Waals surface area contributed by atoms with Crippen molar-refractivity contribution in [3.8, 4) is 11.5 Å². The first-order valence-corrected chi connectivity index (χ1v) is 11.3. The van der Waals surface area contributed by atoms with Crippen LogP contribution in [0.15, 0.2) is 47.2 Å². The van der Waals surface area contributed by atoms with Crippen molar-refractivity contribution in [1.29, 1.82) is 0 Å². The fourth-order valence-corrected chi connectivity index (χ4v) is 3.93. The minimum Gasteiger partial charge on any atom is -0.446 e. The molecule has 1 saturated carbocycles. The normalized spacial score (nSPS) is 15.8. The van der Waals surface area contributed by atoms with E-state index in [2.05, 4.69) is 20.4 Å². The van der Waals surface area contributed by atoms with E-state index in [1.54, 1.807) is 40.6 Å². The molecule has 0 spiro atoms. The third-order valence-corrected chi connectivity index (χ3v) is 6.23. The Morgan fingerprint density at radius 3 is 2.86 bits per heavy atom. The molecule has 1 aliphatic carbocycles. The summed E-state index contributed by atoms with van der Waals surface area (Å²) in [6.45, 7) is 2.45. The Morgan fingerprint density at radius 2 is 2.06 bits per heavy atom. The van der Waals surface area contributed by atoms with Crippen LogP contribution in [0.4, 0.5) is 14.9 Å². The highest BCUT2D eigenvalue weighted by Crippen LogP contribution is 2.32. The summed E-state index contributed by atoms with van der Waals surface area (Å²) in [4.78, 5) is 35.1. The summed E-state index contributed by atoms with van der Waals surface area (Å²) in [6.07, 6.45) is 4.77. The molecule has 10 nitrogen and oxygen atoms in total. The SMILES string of the molecule is Cc1c(F)cc(-c2nc(C3CN(C(=O)OC4CC4)C3)no2)cc1NC(=O)c1cnc2ccccn12. The number of benzene rings is 1. The number of nitrogens with one attached hydrogen (secondary N) is 1. The Hall–Kier alpha value is -4.28. The van der Waals surface area contributed by atoms with Gasteiger partial charge in [0.1, 0.15) is 23.3 Å². The van der Waals surface area contributed by atoms with Crippen LogP contribution in [0.1, 0.15) is 40.6 Å². The van der Waals surface area contributed by atoms with Crippen molar-refractivity contribution >= 4 is 23.3 Å². The summed E-state index contributed by atoms with van der Waals surface area (Å²) < 4.78 is 27.1. The number of nitrogens with zero attached hydrogens (tertiary/aromatic N) is 5. The van der Waals surface area contributed by atoms with Gasteiger partial charge in [-0.25, -0.2) is 14.2 Å². The minimum atomic E-state index is -0.520. The van der Waals surface area contributed by atoms with Gasteiger partial charge in [0.25, 0.3) is 11.8 Å². The van der Waals surface area contributed by atoms with E-state index in [1.807, 2.05) is 6.07 Å². The topological polar surface area (TPSA) is 115 Å². The third-order valence-electron chi connectivity index (χ3n) is 6.23. The second kappa shape index (κ2) is 8.19. The van der Waals surface area contributed by atoms with E-state index in [4.69, 9.17) is 9.26 Å². The van der Waals surface area contributed by atoms with Gasteiger partial charge in [0.2, 0.25) is 0 Å². The molecule has 2 amide bonds. The molecule has 6 rings (SSSR count). The zero-order chi connectivity index (χ0) is 24.1. The Morgan fingerprint density at radius 1 is 1.23 bits per heavy atom. The summed E-state index contributed by atoms with van der Waals surface area (Å²) in [7, 11) is 0. The van der Waals surface area contributed by atoms with E-state index in [1.165, 1.54) is 12.3 Å². The summed E-state index contributed by atoms with van der Waals surface area (Å²) >= 11 is 0. The Labute approximate surface area is 198 Å². The molecule has 0 radical (unpaired) electrons.